The van der Waals surface area contributed by atoms with Gasteiger partial charge in [-0.15, -0.1) is 0 Å². The van der Waals surface area contributed by atoms with E-state index in [0.29, 0.717) is 0 Å². The number of rotatable bonds is 2. The van der Waals surface area contributed by atoms with Crippen LogP contribution in [0.25, 0.3) is 11.3 Å². The van der Waals surface area contributed by atoms with Crippen molar-refractivity contribution in [2.45, 2.75) is 32.4 Å². The van der Waals surface area contributed by atoms with E-state index < -0.39 is 17.6 Å². The topological polar surface area (TPSA) is 61.2 Å². The van der Waals surface area contributed by atoms with Crippen molar-refractivity contribution in [2.24, 2.45) is 0 Å². The third-order valence-electron chi connectivity index (χ3n) is 3.66. The second kappa shape index (κ2) is 4.55. The van der Waals surface area contributed by atoms with Crippen LogP contribution in [0.1, 0.15) is 25.6 Å². The minimum atomic E-state index is -1.09. The Balaban J connectivity index is 2.03. The second-order valence-electron chi connectivity index (χ2n) is 5.68. The van der Waals surface area contributed by atoms with Crippen LogP contribution in [0.5, 0.6) is 0 Å². The quantitative estimate of drug-likeness (QED) is 0.627. The standard InChI is InChI=1S/C16H16N2O3/c1-10-9-12(11-7-5-4-6-8-11)17-18(10)13-14(19)16(2,3)21-15(13)20/h4-9,13H,1-3H3. The number of hydrogen-bond donors (Lipinski definition) is 0. The summed E-state index contributed by atoms with van der Waals surface area (Å²) in [6.45, 7) is 5.03. The van der Waals surface area contributed by atoms with Gasteiger partial charge in [0.05, 0.1) is 5.69 Å². The van der Waals surface area contributed by atoms with Gasteiger partial charge in [0.1, 0.15) is 0 Å². The van der Waals surface area contributed by atoms with Gasteiger partial charge in [0, 0.05) is 11.3 Å². The van der Waals surface area contributed by atoms with Gasteiger partial charge in [0.2, 0.25) is 11.8 Å². The van der Waals surface area contributed by atoms with Crippen LogP contribution in [0.15, 0.2) is 36.4 Å². The summed E-state index contributed by atoms with van der Waals surface area (Å²) in [5.74, 6) is -0.811. The van der Waals surface area contributed by atoms with Gasteiger partial charge in [0.25, 0.3) is 0 Å². The molecule has 5 nitrogen and oxygen atoms in total. The fourth-order valence-corrected chi connectivity index (χ4v) is 2.50. The maximum absolute atomic E-state index is 12.3. The molecule has 0 N–H and O–H groups in total. The zero-order valence-corrected chi connectivity index (χ0v) is 12.2. The summed E-state index contributed by atoms with van der Waals surface area (Å²) in [5.41, 5.74) is 1.34. The zero-order chi connectivity index (χ0) is 15.2. The highest BCUT2D eigenvalue weighted by atomic mass is 16.6. The fraction of sp³-hybridized carbons (Fsp3) is 0.312. The van der Waals surface area contributed by atoms with E-state index in [0.717, 1.165) is 17.0 Å². The molecule has 0 saturated carbocycles. The molecule has 2 heterocycles. The monoisotopic (exact) mass is 284 g/mol. The number of esters is 1. The van der Waals surface area contributed by atoms with Crippen molar-refractivity contribution in [3.63, 3.8) is 0 Å². The summed E-state index contributed by atoms with van der Waals surface area (Å²) in [4.78, 5) is 24.3. The highest BCUT2D eigenvalue weighted by molar-refractivity contribution is 6.10. The molecule has 0 spiro atoms. The van der Waals surface area contributed by atoms with Crippen LogP contribution in [0.4, 0.5) is 0 Å². The Morgan fingerprint density at radius 1 is 1.19 bits per heavy atom. The summed E-state index contributed by atoms with van der Waals surface area (Å²) < 4.78 is 6.61. The lowest BCUT2D eigenvalue weighted by molar-refractivity contribution is -0.149. The lowest BCUT2D eigenvalue weighted by Crippen LogP contribution is -2.31. The normalized spacial score (nSPS) is 20.6. The fourth-order valence-electron chi connectivity index (χ4n) is 2.50. The van der Waals surface area contributed by atoms with Gasteiger partial charge in [-0.1, -0.05) is 30.3 Å². The van der Waals surface area contributed by atoms with E-state index in [9.17, 15) is 9.59 Å². The third-order valence-corrected chi connectivity index (χ3v) is 3.66. The average molecular weight is 284 g/mol. The molecule has 0 amide bonds. The van der Waals surface area contributed by atoms with Crippen LogP contribution >= 0.6 is 0 Å². The predicted molar refractivity (Wildman–Crippen MR) is 76.6 cm³/mol. The van der Waals surface area contributed by atoms with Crippen LogP contribution in [0.2, 0.25) is 0 Å². The number of carbonyl (C=O) groups is 2. The van der Waals surface area contributed by atoms with Crippen molar-refractivity contribution < 1.29 is 14.3 Å². The summed E-state index contributed by atoms with van der Waals surface area (Å²) in [6.07, 6.45) is 0. The zero-order valence-electron chi connectivity index (χ0n) is 12.2. The lowest BCUT2D eigenvalue weighted by Gasteiger charge is -2.13. The molecule has 3 rings (SSSR count). The Morgan fingerprint density at radius 2 is 1.86 bits per heavy atom. The molecule has 1 aliphatic rings. The van der Waals surface area contributed by atoms with Crippen LogP contribution < -0.4 is 0 Å². The molecule has 0 radical (unpaired) electrons. The van der Waals surface area contributed by atoms with Crippen molar-refractivity contribution >= 4 is 11.8 Å². The predicted octanol–water partition coefficient (Wildman–Crippen LogP) is 2.30. The molecule has 1 aliphatic heterocycles. The van der Waals surface area contributed by atoms with Gasteiger partial charge in [0.15, 0.2) is 5.60 Å². The van der Waals surface area contributed by atoms with Gasteiger partial charge in [-0.25, -0.2) is 9.48 Å². The van der Waals surface area contributed by atoms with Gasteiger partial charge in [-0.2, -0.15) is 5.10 Å². The maximum atomic E-state index is 12.3. The number of cyclic esters (lactones) is 1. The summed E-state index contributed by atoms with van der Waals surface area (Å²) >= 11 is 0. The highest BCUT2D eigenvalue weighted by Gasteiger charge is 2.51. The Kier molecular flexibility index (Phi) is 2.93. The maximum Gasteiger partial charge on any atom is 0.339 e. The van der Waals surface area contributed by atoms with E-state index in [4.69, 9.17) is 4.74 Å². The van der Waals surface area contributed by atoms with E-state index in [-0.39, 0.29) is 5.78 Å². The molecular weight excluding hydrogens is 268 g/mol. The van der Waals surface area contributed by atoms with E-state index in [1.165, 1.54) is 4.68 Å². The molecule has 21 heavy (non-hydrogen) atoms. The number of ketones is 1. The highest BCUT2D eigenvalue weighted by Crippen LogP contribution is 2.32. The first kappa shape index (κ1) is 13.5. The number of Topliss-reactive ketones (excluding diaryl/α,β-unsaturated/α-hetero) is 1. The first-order valence-electron chi connectivity index (χ1n) is 6.79. The number of hydrogen-bond acceptors (Lipinski definition) is 4. The minimum absolute atomic E-state index is 0.265. The minimum Gasteiger partial charge on any atom is -0.450 e. The third kappa shape index (κ3) is 2.14. The van der Waals surface area contributed by atoms with Gasteiger partial charge in [-0.3, -0.25) is 4.79 Å². The van der Waals surface area contributed by atoms with E-state index >= 15 is 0 Å². The Bertz CT molecular complexity index is 716. The van der Waals surface area contributed by atoms with E-state index in [1.54, 1.807) is 13.8 Å². The number of carbonyl (C=O) groups excluding carboxylic acids is 2. The molecule has 108 valence electrons. The van der Waals surface area contributed by atoms with Gasteiger partial charge < -0.3 is 4.74 Å². The van der Waals surface area contributed by atoms with Crippen LogP contribution in [-0.2, 0) is 14.3 Å². The van der Waals surface area contributed by atoms with Crippen LogP contribution in [0, 0.1) is 6.92 Å². The molecule has 1 fully saturated rings. The molecule has 1 aromatic carbocycles. The summed E-state index contributed by atoms with van der Waals surface area (Å²) in [7, 11) is 0. The van der Waals surface area contributed by atoms with Crippen molar-refractivity contribution in [3.8, 4) is 11.3 Å². The van der Waals surface area contributed by atoms with Crippen molar-refractivity contribution in [1.29, 1.82) is 0 Å². The molecule has 2 aromatic rings. The number of aryl methyl sites for hydroxylation is 1. The molecule has 1 atom stereocenters. The molecular formula is C16H16N2O3. The Hall–Kier alpha value is -2.43. The molecule has 5 heteroatoms. The number of ether oxygens (including phenoxy) is 1. The number of benzene rings is 1. The van der Waals surface area contributed by atoms with Crippen LogP contribution in [0.3, 0.4) is 0 Å². The smallest absolute Gasteiger partial charge is 0.339 e. The Labute approximate surface area is 122 Å². The largest absolute Gasteiger partial charge is 0.450 e. The van der Waals surface area contributed by atoms with E-state index in [2.05, 4.69) is 5.10 Å². The second-order valence-corrected chi connectivity index (χ2v) is 5.68. The molecule has 0 aliphatic carbocycles. The lowest BCUT2D eigenvalue weighted by atomic mass is 10.0. The molecule has 1 aromatic heterocycles. The number of aromatic nitrogens is 2. The van der Waals surface area contributed by atoms with Crippen LogP contribution in [-0.4, -0.2) is 27.1 Å². The van der Waals surface area contributed by atoms with Crippen molar-refractivity contribution in [3.05, 3.63) is 42.1 Å². The molecule has 1 unspecified atom stereocenters. The molecule has 0 bridgehead atoms. The van der Waals surface area contributed by atoms with Crippen molar-refractivity contribution in [1.82, 2.24) is 9.78 Å². The summed E-state index contributed by atoms with van der Waals surface area (Å²) in [6, 6.07) is 10.5. The summed E-state index contributed by atoms with van der Waals surface area (Å²) in [5, 5.41) is 4.42. The van der Waals surface area contributed by atoms with Gasteiger partial charge >= 0.3 is 5.97 Å². The number of nitrogens with zero attached hydrogens (tertiary/aromatic N) is 2. The van der Waals surface area contributed by atoms with Crippen molar-refractivity contribution in [2.75, 3.05) is 0 Å². The average Bonchev–Trinajstić information content (AvgIpc) is 2.90. The van der Waals surface area contributed by atoms with Gasteiger partial charge in [-0.05, 0) is 26.8 Å². The first-order valence-corrected chi connectivity index (χ1v) is 6.79. The first-order chi connectivity index (χ1) is 9.90. The molecule has 1 saturated heterocycles. The SMILES string of the molecule is Cc1cc(-c2ccccc2)nn1C1C(=O)OC(C)(C)C1=O. The Morgan fingerprint density at radius 3 is 2.43 bits per heavy atom. The van der Waals surface area contributed by atoms with E-state index in [1.807, 2.05) is 43.3 Å².